The highest BCUT2D eigenvalue weighted by Gasteiger charge is 2.13. The zero-order valence-electron chi connectivity index (χ0n) is 14.4. The smallest absolute Gasteiger partial charge is 0.264 e. The summed E-state index contributed by atoms with van der Waals surface area (Å²) in [5, 5.41) is 3.31. The van der Waals surface area contributed by atoms with Crippen molar-refractivity contribution in [2.24, 2.45) is 0 Å². The summed E-state index contributed by atoms with van der Waals surface area (Å²) in [4.78, 5) is 31.4. The monoisotopic (exact) mass is 367 g/mol. The highest BCUT2D eigenvalue weighted by Crippen LogP contribution is 2.18. The van der Waals surface area contributed by atoms with Gasteiger partial charge in [0.1, 0.15) is 11.4 Å². The lowest BCUT2D eigenvalue weighted by Crippen LogP contribution is -2.24. The number of hydrogen-bond acceptors (Lipinski definition) is 3. The molecule has 0 aliphatic rings. The number of halogens is 1. The second kappa shape index (κ2) is 7.54. The van der Waals surface area contributed by atoms with Gasteiger partial charge in [0.25, 0.3) is 11.5 Å². The van der Waals surface area contributed by atoms with Crippen LogP contribution in [0.2, 0.25) is 5.02 Å². The number of carbonyl (C=O) groups excluding carboxylic acids is 1. The van der Waals surface area contributed by atoms with Gasteiger partial charge in [-0.3, -0.25) is 9.59 Å². The Kier molecular flexibility index (Phi) is 5.19. The van der Waals surface area contributed by atoms with Gasteiger partial charge in [-0.1, -0.05) is 37.6 Å². The van der Waals surface area contributed by atoms with E-state index in [4.69, 9.17) is 11.6 Å². The van der Waals surface area contributed by atoms with Crippen molar-refractivity contribution >= 4 is 23.2 Å². The van der Waals surface area contributed by atoms with Crippen LogP contribution < -0.4 is 10.9 Å². The van der Waals surface area contributed by atoms with E-state index in [1.807, 2.05) is 24.3 Å². The lowest BCUT2D eigenvalue weighted by Gasteiger charge is -2.08. The van der Waals surface area contributed by atoms with Crippen molar-refractivity contribution in [2.45, 2.75) is 19.8 Å². The van der Waals surface area contributed by atoms with Gasteiger partial charge in [0, 0.05) is 22.5 Å². The maximum Gasteiger partial charge on any atom is 0.264 e. The van der Waals surface area contributed by atoms with Crippen molar-refractivity contribution in [3.8, 4) is 11.4 Å². The second-order valence-electron chi connectivity index (χ2n) is 6.21. The van der Waals surface area contributed by atoms with Crippen LogP contribution in [0.4, 0.5) is 5.69 Å². The predicted octanol–water partition coefficient (Wildman–Crippen LogP) is 4.47. The third-order valence-corrected chi connectivity index (χ3v) is 4.25. The molecule has 0 saturated carbocycles. The van der Waals surface area contributed by atoms with Crippen molar-refractivity contribution in [3.05, 3.63) is 81.2 Å². The number of aromatic nitrogens is 2. The van der Waals surface area contributed by atoms with Gasteiger partial charge in [-0.25, -0.2) is 4.98 Å². The molecule has 3 aromatic rings. The summed E-state index contributed by atoms with van der Waals surface area (Å²) in [5.74, 6) is 0.287. The molecular formula is C20H18ClN3O2. The Morgan fingerprint density at radius 1 is 1.08 bits per heavy atom. The fourth-order valence-corrected chi connectivity index (χ4v) is 2.59. The van der Waals surface area contributed by atoms with Gasteiger partial charge in [0.05, 0.1) is 0 Å². The average Bonchev–Trinajstić information content (AvgIpc) is 2.62. The number of amides is 1. The average molecular weight is 368 g/mol. The third-order valence-electron chi connectivity index (χ3n) is 4.00. The summed E-state index contributed by atoms with van der Waals surface area (Å²) in [6.07, 6.45) is 1.28. The van der Waals surface area contributed by atoms with Gasteiger partial charge < -0.3 is 10.3 Å². The molecule has 0 fully saturated rings. The second-order valence-corrected chi connectivity index (χ2v) is 6.65. The highest BCUT2D eigenvalue weighted by atomic mass is 35.5. The normalized spacial score (nSPS) is 10.8. The number of nitrogens with one attached hydrogen (secondary N) is 2. The number of nitrogens with zero attached hydrogens (tertiary/aromatic N) is 1. The highest BCUT2D eigenvalue weighted by molar-refractivity contribution is 6.30. The Balaban J connectivity index is 1.79. The molecule has 0 radical (unpaired) electrons. The van der Waals surface area contributed by atoms with E-state index in [1.165, 1.54) is 11.8 Å². The molecule has 0 aliphatic heterocycles. The number of carbonyl (C=O) groups is 1. The molecule has 26 heavy (non-hydrogen) atoms. The van der Waals surface area contributed by atoms with Crippen molar-refractivity contribution in [2.75, 3.05) is 5.32 Å². The topological polar surface area (TPSA) is 74.8 Å². The molecule has 0 atom stereocenters. The predicted molar refractivity (Wildman–Crippen MR) is 104 cm³/mol. The molecule has 2 aromatic carbocycles. The van der Waals surface area contributed by atoms with Crippen molar-refractivity contribution in [3.63, 3.8) is 0 Å². The third kappa shape index (κ3) is 4.00. The number of anilines is 1. The van der Waals surface area contributed by atoms with Crippen molar-refractivity contribution < 1.29 is 4.79 Å². The summed E-state index contributed by atoms with van der Waals surface area (Å²) in [5.41, 5.74) is 1.97. The minimum atomic E-state index is -0.501. The molecule has 0 spiro atoms. The molecule has 1 aromatic heterocycles. The molecule has 6 heteroatoms. The molecular weight excluding hydrogens is 350 g/mol. The summed E-state index contributed by atoms with van der Waals surface area (Å²) in [6.45, 7) is 4.20. The number of rotatable bonds is 4. The van der Waals surface area contributed by atoms with E-state index >= 15 is 0 Å². The first-order valence-corrected chi connectivity index (χ1v) is 8.58. The fourth-order valence-electron chi connectivity index (χ4n) is 2.46. The van der Waals surface area contributed by atoms with E-state index in [0.29, 0.717) is 28.0 Å². The summed E-state index contributed by atoms with van der Waals surface area (Å²) < 4.78 is 0. The van der Waals surface area contributed by atoms with Crippen LogP contribution in [-0.2, 0) is 0 Å². The zero-order valence-corrected chi connectivity index (χ0v) is 15.2. The van der Waals surface area contributed by atoms with Gasteiger partial charge >= 0.3 is 0 Å². The standard InChI is InChI=1S/C20H18ClN3O2/c1-12(2)13-5-9-16(10-6-13)23-19(25)17-11-22-18(24-20(17)26)14-3-7-15(21)8-4-14/h3-12H,1-2H3,(H,23,25)(H,22,24,26). The molecule has 1 heterocycles. The van der Waals surface area contributed by atoms with Crippen LogP contribution >= 0.6 is 11.6 Å². The summed E-state index contributed by atoms with van der Waals surface area (Å²) in [7, 11) is 0. The Bertz CT molecular complexity index is 977. The van der Waals surface area contributed by atoms with Gasteiger partial charge in [-0.15, -0.1) is 0 Å². The van der Waals surface area contributed by atoms with Crippen LogP contribution in [0, 0.1) is 0 Å². The minimum absolute atomic E-state index is 0.0457. The first-order chi connectivity index (χ1) is 12.4. The maximum absolute atomic E-state index is 12.4. The zero-order chi connectivity index (χ0) is 18.7. The number of hydrogen-bond donors (Lipinski definition) is 2. The van der Waals surface area contributed by atoms with E-state index in [2.05, 4.69) is 29.1 Å². The molecule has 3 rings (SSSR count). The largest absolute Gasteiger partial charge is 0.322 e. The number of benzene rings is 2. The molecule has 0 bridgehead atoms. The molecule has 132 valence electrons. The van der Waals surface area contributed by atoms with Crippen LogP contribution in [0.1, 0.15) is 35.7 Å². The van der Waals surface area contributed by atoms with Crippen LogP contribution in [0.15, 0.2) is 59.5 Å². The minimum Gasteiger partial charge on any atom is -0.322 e. The fraction of sp³-hybridized carbons (Fsp3) is 0.150. The van der Waals surface area contributed by atoms with Gasteiger partial charge in [0.2, 0.25) is 0 Å². The summed E-state index contributed by atoms with van der Waals surface area (Å²) >= 11 is 5.86. The molecule has 1 amide bonds. The first kappa shape index (κ1) is 17.9. The Hall–Kier alpha value is -2.92. The van der Waals surface area contributed by atoms with E-state index < -0.39 is 11.5 Å². The van der Waals surface area contributed by atoms with Crippen LogP contribution in [0.5, 0.6) is 0 Å². The Morgan fingerprint density at radius 3 is 2.31 bits per heavy atom. The number of aromatic amines is 1. The quantitative estimate of drug-likeness (QED) is 0.714. The van der Waals surface area contributed by atoms with Gasteiger partial charge in [0.15, 0.2) is 0 Å². The van der Waals surface area contributed by atoms with Crippen molar-refractivity contribution in [1.29, 1.82) is 0 Å². The van der Waals surface area contributed by atoms with Crippen LogP contribution in [-0.4, -0.2) is 15.9 Å². The van der Waals surface area contributed by atoms with Crippen LogP contribution in [0.3, 0.4) is 0 Å². The summed E-state index contributed by atoms with van der Waals surface area (Å²) in [6, 6.07) is 14.4. The van der Waals surface area contributed by atoms with E-state index in [9.17, 15) is 9.59 Å². The SMILES string of the molecule is CC(C)c1ccc(NC(=O)c2cnc(-c3ccc(Cl)cc3)[nH]c2=O)cc1. The van der Waals surface area contributed by atoms with Crippen molar-refractivity contribution in [1.82, 2.24) is 9.97 Å². The molecule has 0 unspecified atom stereocenters. The number of H-pyrrole nitrogens is 1. The van der Waals surface area contributed by atoms with Crippen LogP contribution in [0.25, 0.3) is 11.4 Å². The molecule has 0 aliphatic carbocycles. The van der Waals surface area contributed by atoms with Gasteiger partial charge in [-0.2, -0.15) is 0 Å². The lowest BCUT2D eigenvalue weighted by molar-refractivity contribution is 0.102. The molecule has 2 N–H and O–H groups in total. The van der Waals surface area contributed by atoms with E-state index in [-0.39, 0.29) is 5.56 Å². The lowest BCUT2D eigenvalue weighted by atomic mass is 10.0. The van der Waals surface area contributed by atoms with E-state index in [1.54, 1.807) is 24.3 Å². The Morgan fingerprint density at radius 2 is 1.73 bits per heavy atom. The Labute approximate surface area is 156 Å². The molecule has 0 saturated heterocycles. The molecule has 5 nitrogen and oxygen atoms in total. The first-order valence-electron chi connectivity index (χ1n) is 8.20. The van der Waals surface area contributed by atoms with E-state index in [0.717, 1.165) is 0 Å². The van der Waals surface area contributed by atoms with Gasteiger partial charge in [-0.05, 0) is 47.9 Å². The maximum atomic E-state index is 12.4.